The molecule has 0 aromatic heterocycles. The van der Waals surface area contributed by atoms with Crippen LogP contribution in [0.4, 0.5) is 0 Å². The van der Waals surface area contributed by atoms with Gasteiger partial charge in [-0.05, 0) is 59.5 Å². The third-order valence-electron chi connectivity index (χ3n) is 4.56. The van der Waals surface area contributed by atoms with E-state index in [-0.39, 0.29) is 13.2 Å². The van der Waals surface area contributed by atoms with Crippen molar-refractivity contribution in [2.75, 3.05) is 13.2 Å². The highest BCUT2D eigenvalue weighted by atomic mass is 16.6. The molecule has 5 heteroatoms. The SMILES string of the molecule is C=CC(=O)OCCOc1ccc(-c2cccc(-c3ccc(OC(=O)C(=C)C)cc3)c2)cc1. The summed E-state index contributed by atoms with van der Waals surface area (Å²) in [7, 11) is 0. The van der Waals surface area contributed by atoms with Gasteiger partial charge >= 0.3 is 11.9 Å². The Labute approximate surface area is 187 Å². The smallest absolute Gasteiger partial charge is 0.338 e. The van der Waals surface area contributed by atoms with Gasteiger partial charge < -0.3 is 14.2 Å². The summed E-state index contributed by atoms with van der Waals surface area (Å²) in [5.74, 6) is 0.267. The van der Waals surface area contributed by atoms with Crippen LogP contribution in [0.5, 0.6) is 11.5 Å². The minimum Gasteiger partial charge on any atom is -0.490 e. The molecule has 0 heterocycles. The van der Waals surface area contributed by atoms with Gasteiger partial charge in [-0.15, -0.1) is 0 Å². The molecule has 0 aliphatic rings. The molecule has 0 bridgehead atoms. The summed E-state index contributed by atoms with van der Waals surface area (Å²) < 4.78 is 15.7. The van der Waals surface area contributed by atoms with E-state index in [0.29, 0.717) is 17.1 Å². The highest BCUT2D eigenvalue weighted by Crippen LogP contribution is 2.29. The van der Waals surface area contributed by atoms with Crippen LogP contribution in [0.3, 0.4) is 0 Å². The lowest BCUT2D eigenvalue weighted by Crippen LogP contribution is -2.10. The summed E-state index contributed by atoms with van der Waals surface area (Å²) in [6.07, 6.45) is 1.12. The number of benzene rings is 3. The van der Waals surface area contributed by atoms with Gasteiger partial charge in [-0.25, -0.2) is 9.59 Å². The van der Waals surface area contributed by atoms with Crippen molar-refractivity contribution < 1.29 is 23.8 Å². The van der Waals surface area contributed by atoms with Gasteiger partial charge in [0.25, 0.3) is 0 Å². The van der Waals surface area contributed by atoms with Crippen molar-refractivity contribution in [1.82, 2.24) is 0 Å². The summed E-state index contributed by atoms with van der Waals surface area (Å²) in [5, 5.41) is 0. The lowest BCUT2D eigenvalue weighted by atomic mass is 9.99. The molecule has 0 spiro atoms. The maximum atomic E-state index is 11.7. The quantitative estimate of drug-likeness (QED) is 0.192. The molecule has 3 aromatic carbocycles. The third kappa shape index (κ3) is 6.19. The highest BCUT2D eigenvalue weighted by Gasteiger charge is 2.07. The Kier molecular flexibility index (Phi) is 7.60. The largest absolute Gasteiger partial charge is 0.490 e. The number of rotatable bonds is 9. The fourth-order valence-electron chi connectivity index (χ4n) is 2.89. The molecule has 0 saturated carbocycles. The van der Waals surface area contributed by atoms with E-state index in [1.165, 1.54) is 0 Å². The first-order valence-electron chi connectivity index (χ1n) is 10.1. The zero-order valence-corrected chi connectivity index (χ0v) is 17.9. The molecular formula is C27H24O5. The highest BCUT2D eigenvalue weighted by molar-refractivity contribution is 5.88. The first kappa shape index (κ1) is 22.6. The van der Waals surface area contributed by atoms with Gasteiger partial charge in [0.1, 0.15) is 24.7 Å². The predicted octanol–water partition coefficient (Wildman–Crippen LogP) is 5.61. The van der Waals surface area contributed by atoms with Crippen LogP contribution in [0.1, 0.15) is 6.92 Å². The van der Waals surface area contributed by atoms with E-state index in [9.17, 15) is 9.59 Å². The fourth-order valence-corrected chi connectivity index (χ4v) is 2.89. The van der Waals surface area contributed by atoms with Crippen LogP contribution in [0.15, 0.2) is 97.6 Å². The number of carbonyl (C=O) groups is 2. The number of hydrogen-bond donors (Lipinski definition) is 0. The van der Waals surface area contributed by atoms with Crippen molar-refractivity contribution in [3.63, 3.8) is 0 Å². The molecule has 32 heavy (non-hydrogen) atoms. The first-order valence-corrected chi connectivity index (χ1v) is 10.1. The Balaban J connectivity index is 1.65. The minimum atomic E-state index is -0.466. The standard InChI is InChI=1S/C27H24O5/c1-4-26(28)31-17-16-30-24-12-8-20(9-13-24)22-6-5-7-23(18-22)21-10-14-25(15-11-21)32-27(29)19(2)3/h4-15,18H,1-2,16-17H2,3H3. The fraction of sp³-hybridized carbons (Fsp3) is 0.111. The van der Waals surface area contributed by atoms with Gasteiger partial charge in [-0.1, -0.05) is 55.6 Å². The second-order valence-corrected chi connectivity index (χ2v) is 7.02. The van der Waals surface area contributed by atoms with Crippen molar-refractivity contribution in [2.24, 2.45) is 0 Å². The number of carbonyl (C=O) groups excluding carboxylic acids is 2. The Morgan fingerprint density at radius 3 is 1.91 bits per heavy atom. The lowest BCUT2D eigenvalue weighted by molar-refractivity contribution is -0.138. The summed E-state index contributed by atoms with van der Waals surface area (Å²) in [4.78, 5) is 22.7. The van der Waals surface area contributed by atoms with Gasteiger partial charge in [0.15, 0.2) is 0 Å². The van der Waals surface area contributed by atoms with Crippen LogP contribution >= 0.6 is 0 Å². The first-order chi connectivity index (χ1) is 15.5. The topological polar surface area (TPSA) is 61.8 Å². The Morgan fingerprint density at radius 1 is 0.812 bits per heavy atom. The van der Waals surface area contributed by atoms with Crippen molar-refractivity contribution in [3.05, 3.63) is 97.6 Å². The van der Waals surface area contributed by atoms with Crippen molar-refractivity contribution >= 4 is 11.9 Å². The second-order valence-electron chi connectivity index (χ2n) is 7.02. The van der Waals surface area contributed by atoms with Crippen molar-refractivity contribution in [3.8, 4) is 33.8 Å². The molecule has 0 unspecified atom stereocenters. The van der Waals surface area contributed by atoms with Gasteiger partial charge in [-0.3, -0.25) is 0 Å². The monoisotopic (exact) mass is 428 g/mol. The molecule has 0 N–H and O–H groups in total. The summed E-state index contributed by atoms with van der Waals surface area (Å²) in [5.41, 5.74) is 4.52. The van der Waals surface area contributed by atoms with Crippen molar-refractivity contribution in [2.45, 2.75) is 6.92 Å². The Hall–Kier alpha value is -4.12. The van der Waals surface area contributed by atoms with E-state index in [1.54, 1.807) is 19.1 Å². The molecule has 0 aliphatic heterocycles. The maximum Gasteiger partial charge on any atom is 0.338 e. The van der Waals surface area contributed by atoms with Crippen LogP contribution in [0.2, 0.25) is 0 Å². The Morgan fingerprint density at radius 2 is 1.38 bits per heavy atom. The van der Waals surface area contributed by atoms with Gasteiger partial charge in [0, 0.05) is 11.6 Å². The normalized spacial score (nSPS) is 10.2. The number of hydrogen-bond acceptors (Lipinski definition) is 5. The molecular weight excluding hydrogens is 404 g/mol. The molecule has 0 radical (unpaired) electrons. The summed E-state index contributed by atoms with van der Waals surface area (Å²) >= 11 is 0. The van der Waals surface area contributed by atoms with Crippen LogP contribution in [0.25, 0.3) is 22.3 Å². The molecule has 0 atom stereocenters. The van der Waals surface area contributed by atoms with E-state index < -0.39 is 11.9 Å². The predicted molar refractivity (Wildman–Crippen MR) is 124 cm³/mol. The lowest BCUT2D eigenvalue weighted by Gasteiger charge is -2.09. The molecule has 0 fully saturated rings. The molecule has 0 aliphatic carbocycles. The maximum absolute atomic E-state index is 11.7. The molecule has 162 valence electrons. The average molecular weight is 428 g/mol. The molecule has 0 saturated heterocycles. The zero-order chi connectivity index (χ0) is 22.9. The summed E-state index contributed by atoms with van der Waals surface area (Å²) in [6, 6.07) is 23.2. The summed E-state index contributed by atoms with van der Waals surface area (Å²) in [6.45, 7) is 8.98. The molecule has 3 rings (SSSR count). The average Bonchev–Trinajstić information content (AvgIpc) is 2.82. The molecule has 3 aromatic rings. The minimum absolute atomic E-state index is 0.167. The van der Waals surface area contributed by atoms with Crippen molar-refractivity contribution in [1.29, 1.82) is 0 Å². The van der Waals surface area contributed by atoms with E-state index in [2.05, 4.69) is 19.2 Å². The van der Waals surface area contributed by atoms with E-state index in [0.717, 1.165) is 28.3 Å². The van der Waals surface area contributed by atoms with E-state index in [1.807, 2.05) is 54.6 Å². The second kappa shape index (κ2) is 10.8. The van der Waals surface area contributed by atoms with E-state index >= 15 is 0 Å². The van der Waals surface area contributed by atoms with E-state index in [4.69, 9.17) is 14.2 Å². The van der Waals surface area contributed by atoms with Gasteiger partial charge in [0.2, 0.25) is 0 Å². The zero-order valence-electron chi connectivity index (χ0n) is 17.9. The third-order valence-corrected chi connectivity index (χ3v) is 4.56. The number of ether oxygens (including phenoxy) is 3. The van der Waals surface area contributed by atoms with Crippen LogP contribution in [-0.4, -0.2) is 25.2 Å². The molecule has 5 nitrogen and oxygen atoms in total. The van der Waals surface area contributed by atoms with Gasteiger partial charge in [0.05, 0.1) is 0 Å². The van der Waals surface area contributed by atoms with Crippen LogP contribution < -0.4 is 9.47 Å². The Bertz CT molecular complexity index is 1110. The molecule has 0 amide bonds. The van der Waals surface area contributed by atoms with Crippen LogP contribution in [0, 0.1) is 0 Å². The van der Waals surface area contributed by atoms with Gasteiger partial charge in [-0.2, -0.15) is 0 Å². The van der Waals surface area contributed by atoms with Crippen LogP contribution in [-0.2, 0) is 14.3 Å². The number of esters is 2.